The summed E-state index contributed by atoms with van der Waals surface area (Å²) in [5.74, 6) is -4.28. The van der Waals surface area contributed by atoms with Gasteiger partial charge in [0.05, 0.1) is 42.0 Å². The average Bonchev–Trinajstić information content (AvgIpc) is 3.44. The number of ketones is 1. The number of furan rings is 1. The number of nitro groups is 1. The first kappa shape index (κ1) is 26.6. The maximum Gasteiger partial charge on any atom is 0.338 e. The van der Waals surface area contributed by atoms with Crippen LogP contribution >= 0.6 is 0 Å². The Balaban J connectivity index is 1.51. The number of benzene rings is 1. The fourth-order valence-corrected chi connectivity index (χ4v) is 7.18. The highest BCUT2D eigenvalue weighted by atomic mass is 16.6. The highest BCUT2D eigenvalue weighted by Crippen LogP contribution is 2.65. The predicted octanol–water partition coefficient (Wildman–Crippen LogP) is 4.20. The van der Waals surface area contributed by atoms with E-state index in [0.717, 1.165) is 0 Å². The third-order valence-electron chi connectivity index (χ3n) is 9.07. The Labute approximate surface area is 223 Å². The van der Waals surface area contributed by atoms with E-state index in [9.17, 15) is 29.3 Å². The van der Waals surface area contributed by atoms with Crippen molar-refractivity contribution in [1.82, 2.24) is 0 Å². The number of cyclic esters (lactones) is 1. The van der Waals surface area contributed by atoms with Gasteiger partial charge in [-0.1, -0.05) is 13.8 Å². The number of nitro benzene ring substituents is 1. The number of hydrogen-bond acceptors (Lipinski definition) is 10. The molecule has 39 heavy (non-hydrogen) atoms. The molecule has 0 unspecified atom stereocenters. The molecule has 11 nitrogen and oxygen atoms in total. The SMILES string of the molecule is COC(=O)[C@@H]1C[C@H](OC(=O)c2ccc([N+](=O)[O-])cc2)C(=O)[C@@H]2[C@@]3(C)C[C@@H](c4ccoc4)OC(=O)[C@H]3CC[C@]21C. The van der Waals surface area contributed by atoms with Crippen LogP contribution in [0, 0.1) is 38.7 Å². The zero-order valence-corrected chi connectivity index (χ0v) is 21.8. The fraction of sp³-hybridized carbons (Fsp3) is 0.500. The van der Waals surface area contributed by atoms with E-state index in [0.29, 0.717) is 24.8 Å². The Morgan fingerprint density at radius 1 is 1.10 bits per heavy atom. The second kappa shape index (κ2) is 9.62. The number of hydrogen-bond donors (Lipinski definition) is 0. The van der Waals surface area contributed by atoms with Crippen LogP contribution in [0.4, 0.5) is 5.69 Å². The van der Waals surface area contributed by atoms with Gasteiger partial charge in [-0.3, -0.25) is 24.5 Å². The molecular weight excluding hydrogens is 510 g/mol. The van der Waals surface area contributed by atoms with Gasteiger partial charge in [-0.25, -0.2) is 4.79 Å². The third-order valence-corrected chi connectivity index (χ3v) is 9.07. The molecule has 2 aliphatic carbocycles. The second-order valence-electron chi connectivity index (χ2n) is 11.1. The Morgan fingerprint density at radius 3 is 2.44 bits per heavy atom. The minimum Gasteiger partial charge on any atom is -0.472 e. The number of nitrogens with zero attached hydrogens (tertiary/aromatic N) is 1. The average molecular weight is 540 g/mol. The number of methoxy groups -OCH3 is 1. The largest absolute Gasteiger partial charge is 0.472 e. The zero-order valence-electron chi connectivity index (χ0n) is 21.8. The predicted molar refractivity (Wildman–Crippen MR) is 132 cm³/mol. The van der Waals surface area contributed by atoms with Gasteiger partial charge in [0.15, 0.2) is 11.9 Å². The maximum atomic E-state index is 14.2. The van der Waals surface area contributed by atoms with Crippen molar-refractivity contribution in [2.75, 3.05) is 7.11 Å². The molecule has 7 atom stereocenters. The van der Waals surface area contributed by atoms with E-state index in [1.165, 1.54) is 43.9 Å². The van der Waals surface area contributed by atoms with Crippen LogP contribution in [0.15, 0.2) is 47.3 Å². The quantitative estimate of drug-likeness (QED) is 0.234. The van der Waals surface area contributed by atoms with Crippen LogP contribution in [-0.4, -0.2) is 41.8 Å². The van der Waals surface area contributed by atoms with Crippen molar-refractivity contribution < 1.29 is 42.7 Å². The van der Waals surface area contributed by atoms with Crippen molar-refractivity contribution in [3.05, 3.63) is 64.1 Å². The van der Waals surface area contributed by atoms with Gasteiger partial charge in [0.2, 0.25) is 0 Å². The van der Waals surface area contributed by atoms with Crippen molar-refractivity contribution >= 4 is 29.4 Å². The lowest BCUT2D eigenvalue weighted by molar-refractivity contribution is -0.384. The molecule has 0 bridgehead atoms. The highest BCUT2D eigenvalue weighted by Gasteiger charge is 2.67. The molecule has 0 radical (unpaired) electrons. The molecule has 206 valence electrons. The molecule has 3 fully saturated rings. The van der Waals surface area contributed by atoms with Crippen molar-refractivity contribution in [1.29, 1.82) is 0 Å². The van der Waals surface area contributed by atoms with Gasteiger partial charge in [-0.05, 0) is 48.3 Å². The first-order valence-corrected chi connectivity index (χ1v) is 12.8. The minimum absolute atomic E-state index is 0.0327. The van der Waals surface area contributed by atoms with Gasteiger partial charge in [0, 0.05) is 30.0 Å². The van der Waals surface area contributed by atoms with Crippen molar-refractivity contribution in [2.45, 2.75) is 51.7 Å². The Morgan fingerprint density at radius 2 is 1.82 bits per heavy atom. The van der Waals surface area contributed by atoms with Crippen LogP contribution in [0.1, 0.15) is 61.6 Å². The van der Waals surface area contributed by atoms with Gasteiger partial charge < -0.3 is 18.6 Å². The Bertz CT molecular complexity index is 1320. The maximum absolute atomic E-state index is 14.2. The lowest BCUT2D eigenvalue weighted by Crippen LogP contribution is -2.64. The summed E-state index contributed by atoms with van der Waals surface area (Å²) < 4.78 is 21.7. The molecule has 5 rings (SSSR count). The molecule has 0 amide bonds. The van der Waals surface area contributed by atoms with Gasteiger partial charge in [0.1, 0.15) is 6.10 Å². The molecule has 3 aliphatic rings. The summed E-state index contributed by atoms with van der Waals surface area (Å²) in [5, 5.41) is 11.0. The molecule has 2 heterocycles. The molecule has 2 aromatic rings. The second-order valence-corrected chi connectivity index (χ2v) is 11.1. The van der Waals surface area contributed by atoms with Crippen LogP contribution in [0.5, 0.6) is 0 Å². The number of non-ortho nitro benzene ring substituents is 1. The van der Waals surface area contributed by atoms with Gasteiger partial charge >= 0.3 is 17.9 Å². The summed E-state index contributed by atoms with van der Waals surface area (Å²) in [6.45, 7) is 3.75. The molecule has 1 aromatic heterocycles. The van der Waals surface area contributed by atoms with Crippen LogP contribution in [0.3, 0.4) is 0 Å². The van der Waals surface area contributed by atoms with Crippen molar-refractivity contribution in [3.8, 4) is 0 Å². The zero-order chi connectivity index (χ0) is 28.1. The molecular formula is C28H29NO10. The first-order valence-electron chi connectivity index (χ1n) is 12.8. The summed E-state index contributed by atoms with van der Waals surface area (Å²) in [7, 11) is 1.27. The molecule has 0 spiro atoms. The smallest absolute Gasteiger partial charge is 0.338 e. The van der Waals surface area contributed by atoms with E-state index in [2.05, 4.69) is 0 Å². The highest BCUT2D eigenvalue weighted by molar-refractivity contribution is 5.96. The standard InChI is InChI=1S/C28H29NO10/c1-27-10-8-18-26(33)39-21(16-9-11-37-14-16)13-28(18,2)23(27)22(30)20(12-19(27)25(32)36-3)38-24(31)15-4-6-17(7-5-15)29(34)35/h4-7,9,11,14,18-21,23H,8,10,12-13H2,1-3H3/t18-,19+,20+,21+,23+,27+,28+/m1/s1. The molecule has 1 aromatic carbocycles. The minimum atomic E-state index is -1.27. The van der Waals surface area contributed by atoms with E-state index < -0.39 is 63.6 Å². The van der Waals surface area contributed by atoms with Crippen LogP contribution in [-0.2, 0) is 28.6 Å². The first-order chi connectivity index (χ1) is 18.5. The number of ether oxygens (including phenoxy) is 3. The number of esters is 3. The number of fused-ring (bicyclic) bond motifs is 3. The molecule has 11 heteroatoms. The van der Waals surface area contributed by atoms with E-state index in [1.807, 2.05) is 13.8 Å². The normalized spacial score (nSPS) is 33.8. The van der Waals surface area contributed by atoms with E-state index >= 15 is 0 Å². The monoisotopic (exact) mass is 539 g/mol. The lowest BCUT2D eigenvalue weighted by atomic mass is 9.43. The molecule has 0 N–H and O–H groups in total. The van der Waals surface area contributed by atoms with E-state index in [4.69, 9.17) is 18.6 Å². The topological polar surface area (TPSA) is 152 Å². The van der Waals surface area contributed by atoms with E-state index in [-0.39, 0.29) is 23.5 Å². The van der Waals surface area contributed by atoms with Crippen molar-refractivity contribution in [3.63, 3.8) is 0 Å². The third kappa shape index (κ3) is 4.29. The number of carbonyl (C=O) groups excluding carboxylic acids is 4. The van der Waals surface area contributed by atoms with Gasteiger partial charge in [0.25, 0.3) is 5.69 Å². The fourth-order valence-electron chi connectivity index (χ4n) is 7.18. The van der Waals surface area contributed by atoms with Crippen molar-refractivity contribution in [2.24, 2.45) is 28.6 Å². The summed E-state index contributed by atoms with van der Waals surface area (Å²) in [6, 6.07) is 6.55. The summed E-state index contributed by atoms with van der Waals surface area (Å²) in [6.07, 6.45) is 2.20. The van der Waals surface area contributed by atoms with E-state index in [1.54, 1.807) is 6.07 Å². The number of rotatable bonds is 5. The van der Waals surface area contributed by atoms with Gasteiger partial charge in [-0.15, -0.1) is 0 Å². The Hall–Kier alpha value is -4.02. The summed E-state index contributed by atoms with van der Waals surface area (Å²) in [4.78, 5) is 63.9. The number of Topliss-reactive ketones (excluding diaryl/α,β-unsaturated/α-hetero) is 1. The lowest BCUT2D eigenvalue weighted by Gasteiger charge is -2.61. The molecule has 2 saturated carbocycles. The number of carbonyl (C=O) groups is 4. The van der Waals surface area contributed by atoms with Crippen LogP contribution in [0.25, 0.3) is 0 Å². The van der Waals surface area contributed by atoms with Crippen LogP contribution < -0.4 is 0 Å². The van der Waals surface area contributed by atoms with Gasteiger partial charge in [-0.2, -0.15) is 0 Å². The summed E-state index contributed by atoms with van der Waals surface area (Å²) >= 11 is 0. The Kier molecular flexibility index (Phi) is 6.56. The molecule has 1 aliphatic heterocycles. The summed E-state index contributed by atoms with van der Waals surface area (Å²) in [5.41, 5.74) is -1.23. The molecule has 1 saturated heterocycles. The van der Waals surface area contributed by atoms with Crippen LogP contribution in [0.2, 0.25) is 0 Å².